The van der Waals surface area contributed by atoms with E-state index >= 15 is 0 Å². The molecule has 138 valence electrons. The van der Waals surface area contributed by atoms with Gasteiger partial charge in [-0.05, 0) is 37.3 Å². The van der Waals surface area contributed by atoms with Crippen LogP contribution in [0.3, 0.4) is 0 Å². The van der Waals surface area contributed by atoms with Gasteiger partial charge >= 0.3 is 0 Å². The van der Waals surface area contributed by atoms with Crippen molar-refractivity contribution in [2.75, 3.05) is 12.4 Å². The number of nitrogens with zero attached hydrogens (tertiary/aromatic N) is 1. The van der Waals surface area contributed by atoms with Crippen LogP contribution in [0.2, 0.25) is 0 Å². The molecule has 0 saturated carbocycles. The summed E-state index contributed by atoms with van der Waals surface area (Å²) < 4.78 is 5.73. The fourth-order valence-corrected chi connectivity index (χ4v) is 3.08. The second-order valence-corrected chi connectivity index (χ2v) is 6.82. The standard InChI is InChI=1S/C20H19N3O3S/c1-13-22-15(12-27-13)11-26-16-7-5-6-14(10-16)19(24)23-18-9-4-3-8-17(18)20(25)21-2/h3-10,12H,11H2,1-2H3,(H,21,25)(H,23,24). The Morgan fingerprint density at radius 2 is 1.93 bits per heavy atom. The van der Waals surface area contributed by atoms with Crippen LogP contribution in [0, 0.1) is 6.92 Å². The molecule has 1 heterocycles. The first-order valence-corrected chi connectivity index (χ1v) is 9.21. The number of rotatable bonds is 6. The summed E-state index contributed by atoms with van der Waals surface area (Å²) in [7, 11) is 1.55. The first-order valence-electron chi connectivity index (χ1n) is 8.33. The van der Waals surface area contributed by atoms with E-state index in [2.05, 4.69) is 15.6 Å². The van der Waals surface area contributed by atoms with Crippen LogP contribution >= 0.6 is 11.3 Å². The number of amides is 2. The minimum atomic E-state index is -0.318. The first kappa shape index (κ1) is 18.6. The molecule has 0 unspecified atom stereocenters. The maximum atomic E-state index is 12.6. The van der Waals surface area contributed by atoms with E-state index in [9.17, 15) is 9.59 Å². The van der Waals surface area contributed by atoms with E-state index in [0.29, 0.717) is 29.2 Å². The lowest BCUT2D eigenvalue weighted by atomic mass is 10.1. The van der Waals surface area contributed by atoms with Gasteiger partial charge in [-0.25, -0.2) is 4.98 Å². The van der Waals surface area contributed by atoms with Gasteiger partial charge in [0.25, 0.3) is 11.8 Å². The number of anilines is 1. The van der Waals surface area contributed by atoms with Crippen LogP contribution in [0.15, 0.2) is 53.9 Å². The minimum Gasteiger partial charge on any atom is -0.487 e. The molecule has 2 N–H and O–H groups in total. The molecular weight excluding hydrogens is 362 g/mol. The monoisotopic (exact) mass is 381 g/mol. The molecule has 0 radical (unpaired) electrons. The lowest BCUT2D eigenvalue weighted by Crippen LogP contribution is -2.21. The van der Waals surface area contributed by atoms with Crippen molar-refractivity contribution in [2.24, 2.45) is 0 Å². The second kappa shape index (κ2) is 8.46. The number of para-hydroxylation sites is 1. The van der Waals surface area contributed by atoms with Gasteiger partial charge in [-0.3, -0.25) is 9.59 Å². The van der Waals surface area contributed by atoms with Gasteiger partial charge < -0.3 is 15.4 Å². The fourth-order valence-electron chi connectivity index (χ4n) is 2.48. The Morgan fingerprint density at radius 1 is 1.11 bits per heavy atom. The van der Waals surface area contributed by atoms with Gasteiger partial charge in [0.1, 0.15) is 12.4 Å². The summed E-state index contributed by atoms with van der Waals surface area (Å²) in [6.45, 7) is 2.28. The number of thiazole rings is 1. The Kier molecular flexibility index (Phi) is 5.83. The second-order valence-electron chi connectivity index (χ2n) is 5.75. The predicted octanol–water partition coefficient (Wildman–Crippen LogP) is 3.64. The number of carbonyl (C=O) groups is 2. The minimum absolute atomic E-state index is 0.262. The van der Waals surface area contributed by atoms with Gasteiger partial charge in [-0.15, -0.1) is 11.3 Å². The molecule has 0 spiro atoms. The van der Waals surface area contributed by atoms with Crippen molar-refractivity contribution in [3.63, 3.8) is 0 Å². The molecule has 0 saturated heterocycles. The van der Waals surface area contributed by atoms with Gasteiger partial charge in [-0.2, -0.15) is 0 Å². The lowest BCUT2D eigenvalue weighted by molar-refractivity contribution is 0.0964. The highest BCUT2D eigenvalue weighted by Crippen LogP contribution is 2.19. The molecule has 0 aliphatic heterocycles. The van der Waals surface area contributed by atoms with Crippen LogP contribution in [-0.2, 0) is 6.61 Å². The largest absolute Gasteiger partial charge is 0.487 e. The van der Waals surface area contributed by atoms with Crippen molar-refractivity contribution < 1.29 is 14.3 Å². The van der Waals surface area contributed by atoms with Crippen molar-refractivity contribution in [1.29, 1.82) is 0 Å². The molecule has 0 aliphatic carbocycles. The van der Waals surface area contributed by atoms with Gasteiger partial charge in [-0.1, -0.05) is 18.2 Å². The predicted molar refractivity (Wildman–Crippen MR) is 105 cm³/mol. The van der Waals surface area contributed by atoms with Gasteiger partial charge in [0.15, 0.2) is 0 Å². The van der Waals surface area contributed by atoms with Crippen molar-refractivity contribution in [1.82, 2.24) is 10.3 Å². The summed E-state index contributed by atoms with van der Waals surface area (Å²) in [6, 6.07) is 13.7. The van der Waals surface area contributed by atoms with Crippen LogP contribution in [-0.4, -0.2) is 23.8 Å². The van der Waals surface area contributed by atoms with Gasteiger partial charge in [0.05, 0.1) is 22.0 Å². The van der Waals surface area contributed by atoms with Crippen LogP contribution in [0.25, 0.3) is 0 Å². The lowest BCUT2D eigenvalue weighted by Gasteiger charge is -2.11. The third kappa shape index (κ3) is 4.71. The summed E-state index contributed by atoms with van der Waals surface area (Å²) in [6.07, 6.45) is 0. The van der Waals surface area contributed by atoms with Gasteiger partial charge in [0, 0.05) is 18.0 Å². The SMILES string of the molecule is CNC(=O)c1ccccc1NC(=O)c1cccc(OCc2csc(C)n2)c1. The Morgan fingerprint density at radius 3 is 2.67 bits per heavy atom. The Bertz CT molecular complexity index is 968. The van der Waals surface area contributed by atoms with E-state index in [1.54, 1.807) is 66.9 Å². The molecule has 2 amide bonds. The molecule has 0 atom stereocenters. The maximum Gasteiger partial charge on any atom is 0.255 e. The van der Waals surface area contributed by atoms with E-state index in [1.165, 1.54) is 0 Å². The van der Waals surface area contributed by atoms with Crippen molar-refractivity contribution in [2.45, 2.75) is 13.5 Å². The molecule has 2 aromatic carbocycles. The zero-order chi connectivity index (χ0) is 19.2. The van der Waals surface area contributed by atoms with Crippen LogP contribution in [0.4, 0.5) is 5.69 Å². The van der Waals surface area contributed by atoms with Crippen LogP contribution in [0.1, 0.15) is 31.4 Å². The molecule has 0 bridgehead atoms. The zero-order valence-corrected chi connectivity index (χ0v) is 15.8. The zero-order valence-electron chi connectivity index (χ0n) is 15.0. The highest BCUT2D eigenvalue weighted by atomic mass is 32.1. The highest BCUT2D eigenvalue weighted by Gasteiger charge is 2.13. The van der Waals surface area contributed by atoms with E-state index in [0.717, 1.165) is 10.7 Å². The van der Waals surface area contributed by atoms with E-state index < -0.39 is 0 Å². The van der Waals surface area contributed by atoms with Crippen LogP contribution in [0.5, 0.6) is 5.75 Å². The number of ether oxygens (including phenoxy) is 1. The molecule has 0 aliphatic rings. The highest BCUT2D eigenvalue weighted by molar-refractivity contribution is 7.09. The molecule has 27 heavy (non-hydrogen) atoms. The third-order valence-corrected chi connectivity index (χ3v) is 4.62. The Balaban J connectivity index is 1.71. The third-order valence-electron chi connectivity index (χ3n) is 3.80. The van der Waals surface area contributed by atoms with E-state index in [4.69, 9.17) is 4.74 Å². The average Bonchev–Trinajstić information content (AvgIpc) is 3.11. The Labute approximate surface area is 161 Å². The number of nitrogens with one attached hydrogen (secondary N) is 2. The average molecular weight is 381 g/mol. The molecule has 0 fully saturated rings. The number of hydrogen-bond donors (Lipinski definition) is 2. The summed E-state index contributed by atoms with van der Waals surface area (Å²) >= 11 is 1.57. The molecule has 3 aromatic rings. The topological polar surface area (TPSA) is 80.3 Å². The summed E-state index contributed by atoms with van der Waals surface area (Å²) in [5.41, 5.74) is 2.14. The van der Waals surface area contributed by atoms with E-state index in [1.807, 2.05) is 12.3 Å². The fraction of sp³-hybridized carbons (Fsp3) is 0.150. The normalized spacial score (nSPS) is 10.3. The number of aryl methyl sites for hydroxylation is 1. The number of carbonyl (C=O) groups excluding carboxylic acids is 2. The summed E-state index contributed by atoms with van der Waals surface area (Å²) in [5, 5.41) is 8.27. The Hall–Kier alpha value is -3.19. The molecule has 1 aromatic heterocycles. The summed E-state index contributed by atoms with van der Waals surface area (Å²) in [4.78, 5) is 28.9. The first-order chi connectivity index (χ1) is 13.1. The molecule has 6 nitrogen and oxygen atoms in total. The maximum absolute atomic E-state index is 12.6. The van der Waals surface area contributed by atoms with Crippen molar-refractivity contribution in [3.05, 3.63) is 75.7 Å². The smallest absolute Gasteiger partial charge is 0.255 e. The molecule has 7 heteroatoms. The van der Waals surface area contributed by atoms with E-state index in [-0.39, 0.29) is 11.8 Å². The molecule has 3 rings (SSSR count). The van der Waals surface area contributed by atoms with Crippen LogP contribution < -0.4 is 15.4 Å². The van der Waals surface area contributed by atoms with Crippen molar-refractivity contribution >= 4 is 28.8 Å². The quantitative estimate of drug-likeness (QED) is 0.683. The van der Waals surface area contributed by atoms with Crippen molar-refractivity contribution in [3.8, 4) is 5.75 Å². The summed E-state index contributed by atoms with van der Waals surface area (Å²) in [5.74, 6) is -0.00395. The van der Waals surface area contributed by atoms with Gasteiger partial charge in [0.2, 0.25) is 0 Å². The number of hydrogen-bond acceptors (Lipinski definition) is 5. The number of benzene rings is 2. The number of aromatic nitrogens is 1. The molecular formula is C20H19N3O3S.